The number of amides is 1. The van der Waals surface area contributed by atoms with E-state index in [1.54, 1.807) is 0 Å². The quantitative estimate of drug-likeness (QED) is 0.920. The van der Waals surface area contributed by atoms with E-state index in [1.165, 1.54) is 5.56 Å². The first-order valence-electron chi connectivity index (χ1n) is 8.28. The van der Waals surface area contributed by atoms with Crippen LogP contribution in [0.2, 0.25) is 0 Å². The summed E-state index contributed by atoms with van der Waals surface area (Å²) in [6, 6.07) is 10.1. The Labute approximate surface area is 144 Å². The Morgan fingerprint density at radius 2 is 1.96 bits per heavy atom. The highest BCUT2D eigenvalue weighted by molar-refractivity contribution is 5.85. The average Bonchev–Trinajstić information content (AvgIpc) is 2.99. The fourth-order valence-electron chi connectivity index (χ4n) is 3.71. The smallest absolute Gasteiger partial charge is 0.239 e. The van der Waals surface area contributed by atoms with Gasteiger partial charge in [0.1, 0.15) is 0 Å². The second-order valence-corrected chi connectivity index (χ2v) is 6.91. The van der Waals surface area contributed by atoms with Gasteiger partial charge < -0.3 is 15.4 Å². The molecule has 3 rings (SSSR count). The Kier molecular flexibility index (Phi) is 6.06. The molecule has 2 fully saturated rings. The van der Waals surface area contributed by atoms with Crippen molar-refractivity contribution in [1.82, 2.24) is 4.90 Å². The van der Waals surface area contributed by atoms with Crippen molar-refractivity contribution in [1.29, 1.82) is 0 Å². The number of likely N-dealkylation sites (tertiary alicyclic amines) is 1. The van der Waals surface area contributed by atoms with Gasteiger partial charge in [-0.25, -0.2) is 0 Å². The van der Waals surface area contributed by atoms with Crippen molar-refractivity contribution in [3.05, 3.63) is 35.9 Å². The molecule has 4 nitrogen and oxygen atoms in total. The third kappa shape index (κ3) is 3.87. The summed E-state index contributed by atoms with van der Waals surface area (Å²) in [6.45, 7) is 5.28. The van der Waals surface area contributed by atoms with Crippen molar-refractivity contribution in [2.75, 3.05) is 26.3 Å². The topological polar surface area (TPSA) is 55.6 Å². The van der Waals surface area contributed by atoms with Crippen LogP contribution in [-0.4, -0.2) is 43.2 Å². The van der Waals surface area contributed by atoms with E-state index in [2.05, 4.69) is 31.2 Å². The summed E-state index contributed by atoms with van der Waals surface area (Å²) in [5.41, 5.74) is 7.61. The van der Waals surface area contributed by atoms with Crippen LogP contribution in [0.5, 0.6) is 0 Å². The van der Waals surface area contributed by atoms with Gasteiger partial charge in [-0.3, -0.25) is 4.79 Å². The van der Waals surface area contributed by atoms with E-state index in [9.17, 15) is 4.79 Å². The van der Waals surface area contributed by atoms with Gasteiger partial charge in [0.05, 0.1) is 6.04 Å². The van der Waals surface area contributed by atoms with Crippen LogP contribution in [0.3, 0.4) is 0 Å². The minimum atomic E-state index is -0.373. The van der Waals surface area contributed by atoms with Crippen LogP contribution in [0, 0.1) is 5.92 Å². The summed E-state index contributed by atoms with van der Waals surface area (Å²) in [5.74, 6) is 0.386. The lowest BCUT2D eigenvalue weighted by Gasteiger charge is -2.31. The van der Waals surface area contributed by atoms with Crippen molar-refractivity contribution in [3.63, 3.8) is 0 Å². The number of hydrogen-bond acceptors (Lipinski definition) is 3. The molecule has 1 aromatic carbocycles. The molecule has 2 aliphatic heterocycles. The summed E-state index contributed by atoms with van der Waals surface area (Å²) < 4.78 is 5.37. The van der Waals surface area contributed by atoms with Gasteiger partial charge in [0, 0.05) is 31.7 Å². The molecule has 1 aromatic rings. The largest absolute Gasteiger partial charge is 0.381 e. The van der Waals surface area contributed by atoms with Crippen LogP contribution in [-0.2, 0) is 14.9 Å². The zero-order chi connectivity index (χ0) is 15.6. The highest BCUT2D eigenvalue weighted by Crippen LogP contribution is 2.34. The number of carbonyl (C=O) groups is 1. The van der Waals surface area contributed by atoms with E-state index in [-0.39, 0.29) is 35.7 Å². The Bertz CT molecular complexity index is 519. The van der Waals surface area contributed by atoms with Gasteiger partial charge in [-0.15, -0.1) is 12.4 Å². The number of benzene rings is 1. The maximum atomic E-state index is 12.7. The lowest BCUT2D eigenvalue weighted by Crippen LogP contribution is -2.48. The van der Waals surface area contributed by atoms with Gasteiger partial charge in [-0.05, 0) is 30.7 Å². The van der Waals surface area contributed by atoms with E-state index < -0.39 is 0 Å². The van der Waals surface area contributed by atoms with Crippen molar-refractivity contribution in [3.8, 4) is 0 Å². The van der Waals surface area contributed by atoms with E-state index in [4.69, 9.17) is 10.5 Å². The van der Waals surface area contributed by atoms with E-state index in [0.717, 1.165) is 45.6 Å². The molecule has 0 radical (unpaired) electrons. The van der Waals surface area contributed by atoms with E-state index in [1.807, 2.05) is 11.0 Å². The first kappa shape index (κ1) is 18.2. The van der Waals surface area contributed by atoms with Crippen molar-refractivity contribution in [2.45, 2.75) is 37.6 Å². The fourth-order valence-corrected chi connectivity index (χ4v) is 3.71. The summed E-state index contributed by atoms with van der Waals surface area (Å²) in [7, 11) is 0. The van der Waals surface area contributed by atoms with E-state index in [0.29, 0.717) is 0 Å². The first-order chi connectivity index (χ1) is 10.6. The number of nitrogens with two attached hydrogens (primary N) is 1. The fraction of sp³-hybridized carbons (Fsp3) is 0.611. The molecule has 0 bridgehead atoms. The molecule has 128 valence electrons. The first-order valence-corrected chi connectivity index (χ1v) is 8.28. The molecule has 0 spiro atoms. The van der Waals surface area contributed by atoms with Crippen molar-refractivity contribution >= 4 is 18.3 Å². The molecule has 2 heterocycles. The lowest BCUT2D eigenvalue weighted by molar-refractivity contribution is -0.133. The molecule has 0 aromatic heterocycles. The molecule has 0 aliphatic carbocycles. The van der Waals surface area contributed by atoms with Gasteiger partial charge in [-0.1, -0.05) is 37.3 Å². The third-order valence-corrected chi connectivity index (χ3v) is 5.31. The molecular formula is C18H27ClN2O2. The van der Waals surface area contributed by atoms with Crippen LogP contribution in [0.1, 0.15) is 31.7 Å². The maximum Gasteiger partial charge on any atom is 0.239 e. The number of ether oxygens (including phenoxy) is 1. The van der Waals surface area contributed by atoms with Gasteiger partial charge in [0.15, 0.2) is 0 Å². The summed E-state index contributed by atoms with van der Waals surface area (Å²) in [6.07, 6.45) is 2.80. The zero-order valence-electron chi connectivity index (χ0n) is 13.7. The molecule has 2 N–H and O–H groups in total. The van der Waals surface area contributed by atoms with E-state index >= 15 is 0 Å². The van der Waals surface area contributed by atoms with Gasteiger partial charge >= 0.3 is 0 Å². The molecule has 2 saturated heterocycles. The second kappa shape index (κ2) is 7.65. The molecule has 0 saturated carbocycles. The third-order valence-electron chi connectivity index (χ3n) is 5.31. The summed E-state index contributed by atoms with van der Waals surface area (Å²) >= 11 is 0. The molecule has 23 heavy (non-hydrogen) atoms. The summed E-state index contributed by atoms with van der Waals surface area (Å²) in [4.78, 5) is 14.7. The van der Waals surface area contributed by atoms with Crippen LogP contribution >= 0.6 is 12.4 Å². The number of halogens is 1. The van der Waals surface area contributed by atoms with Crippen molar-refractivity contribution < 1.29 is 9.53 Å². The Balaban J connectivity index is 0.00000192. The summed E-state index contributed by atoms with van der Waals surface area (Å²) in [5, 5.41) is 0. The lowest BCUT2D eigenvalue weighted by atomic mass is 9.82. The van der Waals surface area contributed by atoms with Gasteiger partial charge in [-0.2, -0.15) is 0 Å². The molecule has 2 aliphatic rings. The number of nitrogens with zero attached hydrogens (tertiary/aromatic N) is 1. The predicted molar refractivity (Wildman–Crippen MR) is 93.8 cm³/mol. The Hall–Kier alpha value is -1.10. The number of carbonyl (C=O) groups excluding carboxylic acids is 1. The zero-order valence-corrected chi connectivity index (χ0v) is 14.6. The molecule has 1 amide bonds. The van der Waals surface area contributed by atoms with Crippen LogP contribution in [0.25, 0.3) is 0 Å². The highest BCUT2D eigenvalue weighted by Gasteiger charge is 2.40. The standard InChI is InChI=1S/C18H26N2O2.ClH/c1-18(15-5-3-2-4-6-15)9-10-20(13-18)17(21)16(19)14-7-11-22-12-8-14;/h2-6,14,16H,7-13,19H2,1H3;1H. The van der Waals surface area contributed by atoms with Crippen molar-refractivity contribution in [2.24, 2.45) is 11.7 Å². The molecular weight excluding hydrogens is 312 g/mol. The number of hydrogen-bond donors (Lipinski definition) is 1. The van der Waals surface area contributed by atoms with Crippen LogP contribution in [0.15, 0.2) is 30.3 Å². The molecule has 5 heteroatoms. The average molecular weight is 339 g/mol. The highest BCUT2D eigenvalue weighted by atomic mass is 35.5. The Morgan fingerprint density at radius 3 is 2.61 bits per heavy atom. The molecule has 2 atom stereocenters. The minimum absolute atomic E-state index is 0. The minimum Gasteiger partial charge on any atom is -0.381 e. The monoisotopic (exact) mass is 338 g/mol. The normalized spacial score (nSPS) is 26.6. The maximum absolute atomic E-state index is 12.7. The van der Waals surface area contributed by atoms with Crippen LogP contribution in [0.4, 0.5) is 0 Å². The predicted octanol–water partition coefficient (Wildman–Crippen LogP) is 2.35. The van der Waals surface area contributed by atoms with Gasteiger partial charge in [0.25, 0.3) is 0 Å². The second-order valence-electron chi connectivity index (χ2n) is 6.91. The van der Waals surface area contributed by atoms with Crippen LogP contribution < -0.4 is 5.73 Å². The molecule has 2 unspecified atom stereocenters. The SMILES string of the molecule is CC1(c2ccccc2)CCN(C(=O)C(N)C2CCOCC2)C1.Cl. The Morgan fingerprint density at radius 1 is 1.30 bits per heavy atom. The van der Waals surface area contributed by atoms with Gasteiger partial charge in [0.2, 0.25) is 5.91 Å². The number of rotatable bonds is 3.